The Bertz CT molecular complexity index is 852. The summed E-state index contributed by atoms with van der Waals surface area (Å²) in [4.78, 5) is 0.161. The van der Waals surface area contributed by atoms with Crippen LogP contribution < -0.4 is 0 Å². The van der Waals surface area contributed by atoms with Gasteiger partial charge in [-0.05, 0) is 37.6 Å². The average molecular weight is 334 g/mol. The fraction of sp³-hybridized carbons (Fsp3) is 0.222. The summed E-state index contributed by atoms with van der Waals surface area (Å²) in [5.41, 5.74) is -0.482. The summed E-state index contributed by atoms with van der Waals surface area (Å²) in [6, 6.07) is 9.98. The number of sulfone groups is 1. The molecule has 0 aliphatic heterocycles. The zero-order valence-corrected chi connectivity index (χ0v) is 13.4. The Labute approximate surface area is 134 Å². The van der Waals surface area contributed by atoms with Crippen LogP contribution in [0.1, 0.15) is 17.5 Å². The van der Waals surface area contributed by atoms with Gasteiger partial charge in [0, 0.05) is 11.0 Å². The number of hydrogen-bond donors (Lipinski definition) is 0. The van der Waals surface area contributed by atoms with Gasteiger partial charge < -0.3 is 0 Å². The van der Waals surface area contributed by atoms with E-state index in [2.05, 4.69) is 6.58 Å². The van der Waals surface area contributed by atoms with E-state index in [0.29, 0.717) is 0 Å². The number of allylic oxidation sites excluding steroid dienone is 1. The first-order chi connectivity index (χ1) is 10.8. The van der Waals surface area contributed by atoms with Gasteiger partial charge in [-0.15, -0.1) is 6.58 Å². The summed E-state index contributed by atoms with van der Waals surface area (Å²) >= 11 is 0. The summed E-state index contributed by atoms with van der Waals surface area (Å²) in [6.07, 6.45) is 1.48. The summed E-state index contributed by atoms with van der Waals surface area (Å²) < 4.78 is 53.8. The van der Waals surface area contributed by atoms with Gasteiger partial charge in [-0.25, -0.2) is 17.2 Å². The molecule has 0 heterocycles. The van der Waals surface area contributed by atoms with Crippen molar-refractivity contribution in [2.45, 2.75) is 28.9 Å². The molecule has 0 saturated heterocycles. The molecular formula is C18H16F2O2S. The molecule has 2 aromatic rings. The third-order valence-electron chi connectivity index (χ3n) is 4.45. The van der Waals surface area contributed by atoms with Crippen LogP contribution in [0.4, 0.5) is 8.78 Å². The molecular weight excluding hydrogens is 318 g/mol. The first-order valence-electron chi connectivity index (χ1n) is 7.21. The van der Waals surface area contributed by atoms with E-state index in [0.717, 1.165) is 17.7 Å². The monoisotopic (exact) mass is 334 g/mol. The van der Waals surface area contributed by atoms with Gasteiger partial charge in [-0.1, -0.05) is 29.8 Å². The number of rotatable bonds is 4. The molecule has 0 aromatic heterocycles. The Morgan fingerprint density at radius 2 is 1.70 bits per heavy atom. The zero-order valence-electron chi connectivity index (χ0n) is 12.6. The molecule has 0 N–H and O–H groups in total. The molecule has 0 amide bonds. The molecule has 1 fully saturated rings. The number of benzene rings is 2. The average Bonchev–Trinajstić information content (AvgIpc) is 3.24. The molecule has 2 atom stereocenters. The largest absolute Gasteiger partial charge is 0.223 e. The van der Waals surface area contributed by atoms with E-state index < -0.39 is 32.1 Å². The second-order valence-corrected chi connectivity index (χ2v) is 8.02. The second kappa shape index (κ2) is 5.27. The highest BCUT2D eigenvalue weighted by Crippen LogP contribution is 2.56. The molecule has 1 aliphatic rings. The molecule has 0 unspecified atom stereocenters. The van der Waals surface area contributed by atoms with Gasteiger partial charge in [-0.2, -0.15) is 0 Å². The summed E-state index contributed by atoms with van der Waals surface area (Å²) in [5, 5.41) is -0.901. The smallest absolute Gasteiger partial charge is 0.182 e. The minimum atomic E-state index is -3.69. The Kier molecular flexibility index (Phi) is 3.64. The molecule has 2 nitrogen and oxygen atoms in total. The Hall–Kier alpha value is -2.01. The van der Waals surface area contributed by atoms with Crippen molar-refractivity contribution >= 4 is 9.84 Å². The summed E-state index contributed by atoms with van der Waals surface area (Å²) in [6.45, 7) is 5.48. The Balaban J connectivity index is 2.07. The van der Waals surface area contributed by atoms with Gasteiger partial charge in [0.15, 0.2) is 9.84 Å². The van der Waals surface area contributed by atoms with Crippen LogP contribution in [0, 0.1) is 18.6 Å². The predicted octanol–water partition coefficient (Wildman–Crippen LogP) is 3.94. The highest BCUT2D eigenvalue weighted by atomic mass is 32.2. The minimum absolute atomic E-state index is 0.130. The molecule has 120 valence electrons. The van der Waals surface area contributed by atoms with E-state index in [1.54, 1.807) is 12.1 Å². The van der Waals surface area contributed by atoms with Crippen molar-refractivity contribution in [3.05, 3.63) is 77.9 Å². The van der Waals surface area contributed by atoms with Crippen molar-refractivity contribution in [3.8, 4) is 0 Å². The van der Waals surface area contributed by atoms with E-state index in [-0.39, 0.29) is 16.9 Å². The van der Waals surface area contributed by atoms with E-state index in [9.17, 15) is 17.2 Å². The van der Waals surface area contributed by atoms with Crippen molar-refractivity contribution in [1.29, 1.82) is 0 Å². The number of hydrogen-bond acceptors (Lipinski definition) is 2. The predicted molar refractivity (Wildman–Crippen MR) is 85.0 cm³/mol. The zero-order chi connectivity index (χ0) is 16.8. The first kappa shape index (κ1) is 15.9. The highest BCUT2D eigenvalue weighted by molar-refractivity contribution is 7.92. The Morgan fingerprint density at radius 3 is 2.22 bits per heavy atom. The van der Waals surface area contributed by atoms with Crippen LogP contribution in [0.3, 0.4) is 0 Å². The van der Waals surface area contributed by atoms with Crippen LogP contribution in [0.25, 0.3) is 0 Å². The third kappa shape index (κ3) is 2.39. The molecule has 5 heteroatoms. The van der Waals surface area contributed by atoms with Crippen LogP contribution in [0.15, 0.2) is 60.0 Å². The van der Waals surface area contributed by atoms with E-state index in [4.69, 9.17) is 0 Å². The molecule has 0 bridgehead atoms. The lowest BCUT2D eigenvalue weighted by Crippen LogP contribution is -2.20. The topological polar surface area (TPSA) is 34.1 Å². The lowest BCUT2D eigenvalue weighted by molar-refractivity contribution is 0.538. The van der Waals surface area contributed by atoms with Crippen molar-refractivity contribution in [2.75, 3.05) is 0 Å². The molecule has 3 rings (SSSR count). The van der Waals surface area contributed by atoms with Crippen molar-refractivity contribution in [3.63, 3.8) is 0 Å². The molecule has 2 aromatic carbocycles. The lowest BCUT2D eigenvalue weighted by Gasteiger charge is -2.15. The SMILES string of the molecule is C=C[C@]1(c2c(F)cccc2F)C[C@H]1S(=O)(=O)c1ccc(C)cc1. The number of halogens is 2. The van der Waals surface area contributed by atoms with Crippen LogP contribution in [0.2, 0.25) is 0 Å². The molecule has 0 radical (unpaired) electrons. The molecule has 0 spiro atoms. The number of aryl methyl sites for hydroxylation is 1. The standard InChI is InChI=1S/C18H16F2O2S/c1-3-18(17-14(19)5-4-6-15(17)20)11-16(18)23(21,22)13-9-7-12(2)8-10-13/h3-10,16H,1,11H2,2H3/t16-,18+/m1/s1. The van der Waals surface area contributed by atoms with E-state index >= 15 is 0 Å². The molecule has 1 aliphatic carbocycles. The fourth-order valence-corrected chi connectivity index (χ4v) is 5.16. The van der Waals surface area contributed by atoms with Crippen molar-refractivity contribution in [1.82, 2.24) is 0 Å². The van der Waals surface area contributed by atoms with Gasteiger partial charge in [0.1, 0.15) is 11.6 Å². The summed E-state index contributed by atoms with van der Waals surface area (Å²) in [5.74, 6) is -1.49. The summed E-state index contributed by atoms with van der Waals surface area (Å²) in [7, 11) is -3.69. The first-order valence-corrected chi connectivity index (χ1v) is 8.76. The van der Waals surface area contributed by atoms with Gasteiger partial charge in [0.25, 0.3) is 0 Å². The van der Waals surface area contributed by atoms with Crippen LogP contribution >= 0.6 is 0 Å². The maximum absolute atomic E-state index is 14.1. The van der Waals surface area contributed by atoms with Crippen LogP contribution in [-0.2, 0) is 15.3 Å². The van der Waals surface area contributed by atoms with Crippen LogP contribution in [0.5, 0.6) is 0 Å². The van der Waals surface area contributed by atoms with Crippen LogP contribution in [-0.4, -0.2) is 13.7 Å². The fourth-order valence-electron chi connectivity index (χ4n) is 3.05. The van der Waals surface area contributed by atoms with Gasteiger partial charge in [-0.3, -0.25) is 0 Å². The van der Waals surface area contributed by atoms with Gasteiger partial charge >= 0.3 is 0 Å². The highest BCUT2D eigenvalue weighted by Gasteiger charge is 2.62. The van der Waals surface area contributed by atoms with Gasteiger partial charge in [0.2, 0.25) is 0 Å². The van der Waals surface area contributed by atoms with E-state index in [1.807, 2.05) is 6.92 Å². The second-order valence-electron chi connectivity index (χ2n) is 5.89. The minimum Gasteiger partial charge on any atom is -0.223 e. The maximum Gasteiger partial charge on any atom is 0.182 e. The van der Waals surface area contributed by atoms with Crippen molar-refractivity contribution in [2.24, 2.45) is 0 Å². The Morgan fingerprint density at radius 1 is 1.13 bits per heavy atom. The molecule has 23 heavy (non-hydrogen) atoms. The van der Waals surface area contributed by atoms with Gasteiger partial charge in [0.05, 0.1) is 10.1 Å². The van der Waals surface area contributed by atoms with Crippen molar-refractivity contribution < 1.29 is 17.2 Å². The third-order valence-corrected chi connectivity index (χ3v) is 6.72. The molecule has 1 saturated carbocycles. The lowest BCUT2D eigenvalue weighted by atomic mass is 9.95. The normalized spacial score (nSPS) is 23.5. The quantitative estimate of drug-likeness (QED) is 0.794. The van der Waals surface area contributed by atoms with E-state index in [1.165, 1.54) is 24.3 Å². The maximum atomic E-state index is 14.1.